The maximum atomic E-state index is 4.82. The summed E-state index contributed by atoms with van der Waals surface area (Å²) in [7, 11) is 0. The number of nitrogens with zero attached hydrogens (tertiary/aromatic N) is 2. The SMILES string of the molecule is CCSCCSCCN(CCSCCSCC)c1ccc(-c2nc3ccccc3s2)cc1. The molecule has 0 radical (unpaired) electrons. The van der Waals surface area contributed by atoms with Gasteiger partial charge in [0, 0.05) is 58.9 Å². The molecule has 1 heterocycles. The highest BCUT2D eigenvalue weighted by atomic mass is 32.2. The second-order valence-electron chi connectivity index (χ2n) is 7.14. The number of aromatic nitrogens is 1. The van der Waals surface area contributed by atoms with Crippen LogP contribution < -0.4 is 4.90 Å². The second-order valence-corrected chi connectivity index (χ2v) is 13.4. The molecule has 0 atom stereocenters. The van der Waals surface area contributed by atoms with Gasteiger partial charge in [-0.1, -0.05) is 26.0 Å². The Bertz CT molecular complexity index is 848. The number of anilines is 1. The summed E-state index contributed by atoms with van der Waals surface area (Å²) in [5, 5.41) is 1.11. The van der Waals surface area contributed by atoms with E-state index in [1.807, 2.05) is 23.5 Å². The number of fused-ring (bicyclic) bond motifs is 1. The van der Waals surface area contributed by atoms with Gasteiger partial charge >= 0.3 is 0 Å². The van der Waals surface area contributed by atoms with Crippen LogP contribution in [-0.4, -0.2) is 64.1 Å². The lowest BCUT2D eigenvalue weighted by Gasteiger charge is -2.25. The summed E-state index contributed by atoms with van der Waals surface area (Å²) in [5.41, 5.74) is 3.64. The van der Waals surface area contributed by atoms with Crippen LogP contribution in [0.2, 0.25) is 0 Å². The quantitative estimate of drug-likeness (QED) is 0.178. The largest absolute Gasteiger partial charge is 0.370 e. The van der Waals surface area contributed by atoms with E-state index in [2.05, 4.69) is 90.8 Å². The Kier molecular flexibility index (Phi) is 12.6. The Morgan fingerprint density at radius 3 is 1.91 bits per heavy atom. The monoisotopic (exact) mass is 522 g/mol. The molecule has 7 heteroatoms. The summed E-state index contributed by atoms with van der Waals surface area (Å²) in [6.07, 6.45) is 0. The Hall–Kier alpha value is -0.470. The smallest absolute Gasteiger partial charge is 0.124 e. The van der Waals surface area contributed by atoms with E-state index in [4.69, 9.17) is 4.98 Å². The first-order valence-electron chi connectivity index (χ1n) is 11.3. The lowest BCUT2D eigenvalue weighted by Crippen LogP contribution is -2.28. The molecule has 3 aromatic rings. The van der Waals surface area contributed by atoms with E-state index < -0.39 is 0 Å². The van der Waals surface area contributed by atoms with E-state index in [1.165, 1.54) is 62.0 Å². The van der Waals surface area contributed by atoms with Crippen molar-refractivity contribution in [1.82, 2.24) is 4.98 Å². The van der Waals surface area contributed by atoms with Gasteiger partial charge in [-0.25, -0.2) is 4.98 Å². The van der Waals surface area contributed by atoms with Crippen molar-refractivity contribution >= 4 is 74.3 Å². The third kappa shape index (κ3) is 8.71. The summed E-state index contributed by atoms with van der Waals surface area (Å²) in [6, 6.07) is 17.5. The molecule has 0 unspecified atom stereocenters. The Labute approximate surface area is 215 Å². The third-order valence-corrected chi connectivity index (χ3v) is 10.3. The number of hydrogen-bond donors (Lipinski definition) is 0. The van der Waals surface area contributed by atoms with Crippen molar-refractivity contribution in [1.29, 1.82) is 0 Å². The summed E-state index contributed by atoms with van der Waals surface area (Å²) < 4.78 is 1.25. The van der Waals surface area contributed by atoms with Crippen LogP contribution in [0.25, 0.3) is 20.8 Å². The van der Waals surface area contributed by atoms with Crippen molar-refractivity contribution < 1.29 is 0 Å². The topological polar surface area (TPSA) is 16.1 Å². The van der Waals surface area contributed by atoms with Crippen molar-refractivity contribution in [3.63, 3.8) is 0 Å². The van der Waals surface area contributed by atoms with E-state index >= 15 is 0 Å². The van der Waals surface area contributed by atoms with Gasteiger partial charge in [-0.2, -0.15) is 47.0 Å². The van der Waals surface area contributed by atoms with Gasteiger partial charge < -0.3 is 4.90 Å². The molecule has 0 saturated carbocycles. The predicted octanol–water partition coefficient (Wildman–Crippen LogP) is 7.74. The maximum absolute atomic E-state index is 4.82. The molecule has 0 N–H and O–H groups in total. The van der Waals surface area contributed by atoms with Gasteiger partial charge in [-0.3, -0.25) is 0 Å². The molecule has 32 heavy (non-hydrogen) atoms. The van der Waals surface area contributed by atoms with Gasteiger partial charge in [-0.05, 0) is 47.9 Å². The molecule has 174 valence electrons. The minimum atomic E-state index is 1.09. The maximum Gasteiger partial charge on any atom is 0.124 e. The van der Waals surface area contributed by atoms with Crippen molar-refractivity contribution in [3.05, 3.63) is 48.5 Å². The van der Waals surface area contributed by atoms with Crippen LogP contribution in [0.1, 0.15) is 13.8 Å². The minimum Gasteiger partial charge on any atom is -0.370 e. The zero-order chi connectivity index (χ0) is 22.4. The molecular weight excluding hydrogens is 489 g/mol. The highest BCUT2D eigenvalue weighted by molar-refractivity contribution is 8.03. The van der Waals surface area contributed by atoms with Crippen LogP contribution >= 0.6 is 58.4 Å². The van der Waals surface area contributed by atoms with Gasteiger partial charge in [0.2, 0.25) is 0 Å². The molecule has 0 fully saturated rings. The van der Waals surface area contributed by atoms with Gasteiger partial charge in [-0.15, -0.1) is 11.3 Å². The minimum absolute atomic E-state index is 1.09. The van der Waals surface area contributed by atoms with Crippen molar-refractivity contribution in [2.75, 3.05) is 64.0 Å². The zero-order valence-corrected chi connectivity index (χ0v) is 23.2. The fourth-order valence-electron chi connectivity index (χ4n) is 3.26. The van der Waals surface area contributed by atoms with Crippen molar-refractivity contribution in [2.24, 2.45) is 0 Å². The number of thiazole rings is 1. The van der Waals surface area contributed by atoms with Crippen LogP contribution in [0.4, 0.5) is 5.69 Å². The molecular formula is C25H34N2S5. The van der Waals surface area contributed by atoms with Gasteiger partial charge in [0.1, 0.15) is 5.01 Å². The molecule has 0 saturated heterocycles. The van der Waals surface area contributed by atoms with Gasteiger partial charge in [0.05, 0.1) is 10.2 Å². The summed E-state index contributed by atoms with van der Waals surface area (Å²) >= 11 is 10.0. The Morgan fingerprint density at radius 1 is 0.719 bits per heavy atom. The fourth-order valence-corrected chi connectivity index (χ4v) is 7.80. The summed E-state index contributed by atoms with van der Waals surface area (Å²) in [6.45, 7) is 6.72. The van der Waals surface area contributed by atoms with E-state index in [0.29, 0.717) is 0 Å². The number of hydrogen-bond acceptors (Lipinski definition) is 7. The summed E-state index contributed by atoms with van der Waals surface area (Å²) in [5.74, 6) is 9.88. The average molecular weight is 523 g/mol. The van der Waals surface area contributed by atoms with Crippen molar-refractivity contribution in [2.45, 2.75) is 13.8 Å². The van der Waals surface area contributed by atoms with Crippen LogP contribution in [0.15, 0.2) is 48.5 Å². The van der Waals surface area contributed by atoms with Crippen LogP contribution in [0.3, 0.4) is 0 Å². The Balaban J connectivity index is 1.58. The molecule has 1 aromatic heterocycles. The third-order valence-electron chi connectivity index (χ3n) is 4.94. The predicted molar refractivity (Wildman–Crippen MR) is 158 cm³/mol. The number of para-hydroxylation sites is 1. The van der Waals surface area contributed by atoms with Crippen LogP contribution in [-0.2, 0) is 0 Å². The molecule has 2 aromatic carbocycles. The van der Waals surface area contributed by atoms with Gasteiger partial charge in [0.15, 0.2) is 0 Å². The van der Waals surface area contributed by atoms with E-state index in [9.17, 15) is 0 Å². The van der Waals surface area contributed by atoms with Crippen molar-refractivity contribution in [3.8, 4) is 10.6 Å². The molecule has 0 spiro atoms. The molecule has 3 rings (SSSR count). The molecule has 2 nitrogen and oxygen atoms in total. The highest BCUT2D eigenvalue weighted by Crippen LogP contribution is 2.31. The van der Waals surface area contributed by atoms with Crippen LogP contribution in [0.5, 0.6) is 0 Å². The normalized spacial score (nSPS) is 11.3. The fraction of sp³-hybridized carbons (Fsp3) is 0.480. The zero-order valence-electron chi connectivity index (χ0n) is 19.1. The molecule has 0 bridgehead atoms. The Morgan fingerprint density at radius 2 is 1.31 bits per heavy atom. The number of thioether (sulfide) groups is 4. The number of benzene rings is 2. The standard InChI is InChI=1S/C25H34N2S5/c1-3-28-17-19-30-15-13-27(14-16-31-20-18-29-4-2)22-11-9-21(10-12-22)25-26-23-7-5-6-8-24(23)32-25/h5-12H,3-4,13-20H2,1-2H3. The molecule has 0 aliphatic carbocycles. The number of rotatable bonds is 16. The highest BCUT2D eigenvalue weighted by Gasteiger charge is 2.10. The summed E-state index contributed by atoms with van der Waals surface area (Å²) in [4.78, 5) is 7.39. The lowest BCUT2D eigenvalue weighted by molar-refractivity contribution is 0.879. The van der Waals surface area contributed by atoms with Gasteiger partial charge in [0.25, 0.3) is 0 Å². The molecule has 0 aliphatic rings. The van der Waals surface area contributed by atoms with Crippen LogP contribution in [0, 0.1) is 0 Å². The van der Waals surface area contributed by atoms with E-state index in [-0.39, 0.29) is 0 Å². The second kappa shape index (κ2) is 15.4. The van der Waals surface area contributed by atoms with E-state index in [1.54, 1.807) is 11.3 Å². The first kappa shape index (κ1) is 26.1. The molecule has 0 aliphatic heterocycles. The van der Waals surface area contributed by atoms with E-state index in [0.717, 1.165) is 23.6 Å². The molecule has 0 amide bonds. The average Bonchev–Trinajstić information content (AvgIpc) is 3.26. The first-order valence-corrected chi connectivity index (χ1v) is 16.8. The first-order chi connectivity index (χ1) is 15.8. The lowest BCUT2D eigenvalue weighted by atomic mass is 10.2.